The molecule has 2 rings (SSSR count). The Morgan fingerprint density at radius 3 is 2.52 bits per heavy atom. The normalized spacial score (nSPS) is 11.8. The highest BCUT2D eigenvalue weighted by Crippen LogP contribution is 2.23. The van der Waals surface area contributed by atoms with Crippen LogP contribution in [-0.2, 0) is 17.8 Å². The molecule has 5 nitrogen and oxygen atoms in total. The molecule has 0 saturated heterocycles. The van der Waals surface area contributed by atoms with E-state index in [4.69, 9.17) is 20.3 Å². The third-order valence-electron chi connectivity index (χ3n) is 3.53. The van der Waals surface area contributed by atoms with Crippen LogP contribution in [0.25, 0.3) is 0 Å². The Morgan fingerprint density at radius 1 is 1.22 bits per heavy atom. The van der Waals surface area contributed by atoms with Gasteiger partial charge in [0.2, 0.25) is 0 Å². The van der Waals surface area contributed by atoms with Gasteiger partial charge in [0.25, 0.3) is 0 Å². The number of carboxylic acids is 1. The minimum Gasteiger partial charge on any atom is -0.496 e. The van der Waals surface area contributed by atoms with Crippen LogP contribution in [-0.4, -0.2) is 24.2 Å². The molecule has 0 radical (unpaired) electrons. The summed E-state index contributed by atoms with van der Waals surface area (Å²) in [5.74, 6) is 0.452. The van der Waals surface area contributed by atoms with Gasteiger partial charge >= 0.3 is 5.97 Å². The topological polar surface area (TPSA) is 81.8 Å². The third-order valence-corrected chi connectivity index (χ3v) is 3.53. The molecule has 0 aliphatic heterocycles. The van der Waals surface area contributed by atoms with Crippen LogP contribution >= 0.6 is 0 Å². The molecule has 3 N–H and O–H groups in total. The summed E-state index contributed by atoms with van der Waals surface area (Å²) in [6.07, 6.45) is 0.261. The highest BCUT2D eigenvalue weighted by Gasteiger charge is 2.14. The van der Waals surface area contributed by atoms with Crippen LogP contribution in [0.15, 0.2) is 42.5 Å². The minimum atomic E-state index is -1.02. The summed E-state index contributed by atoms with van der Waals surface area (Å²) < 4.78 is 11.1. The number of aliphatic carboxylic acids is 1. The molecule has 5 heteroatoms. The summed E-state index contributed by atoms with van der Waals surface area (Å²) in [5, 5.41) is 8.91. The molecule has 2 aromatic rings. The van der Waals surface area contributed by atoms with Crippen molar-refractivity contribution in [2.24, 2.45) is 5.73 Å². The second kappa shape index (κ2) is 7.65. The Labute approximate surface area is 135 Å². The molecule has 0 aromatic heterocycles. The molecule has 0 aliphatic carbocycles. The average Bonchev–Trinajstić information content (AvgIpc) is 2.54. The molecule has 0 amide bonds. The predicted octanol–water partition coefficient (Wildman–Crippen LogP) is 2.54. The molecule has 0 bridgehead atoms. The Hall–Kier alpha value is -2.53. The zero-order chi connectivity index (χ0) is 16.8. The summed E-state index contributed by atoms with van der Waals surface area (Å²) in [5.41, 5.74) is 8.44. The number of hydrogen-bond acceptors (Lipinski definition) is 4. The van der Waals surface area contributed by atoms with Crippen LogP contribution in [0.3, 0.4) is 0 Å². The maximum absolute atomic E-state index is 10.9. The van der Waals surface area contributed by atoms with Gasteiger partial charge in [-0.1, -0.05) is 23.8 Å². The van der Waals surface area contributed by atoms with Gasteiger partial charge in [-0.25, -0.2) is 0 Å². The third kappa shape index (κ3) is 4.72. The first kappa shape index (κ1) is 16.8. The maximum Gasteiger partial charge on any atom is 0.320 e. The minimum absolute atomic E-state index is 0.261. The van der Waals surface area contributed by atoms with E-state index in [1.54, 1.807) is 13.2 Å². The number of rotatable bonds is 7. The lowest BCUT2D eigenvalue weighted by Gasteiger charge is -2.13. The molecule has 2 aromatic carbocycles. The van der Waals surface area contributed by atoms with Crippen molar-refractivity contribution in [3.63, 3.8) is 0 Å². The average molecular weight is 315 g/mol. The molecule has 23 heavy (non-hydrogen) atoms. The zero-order valence-electron chi connectivity index (χ0n) is 13.3. The van der Waals surface area contributed by atoms with Gasteiger partial charge in [0, 0.05) is 5.56 Å². The quantitative estimate of drug-likeness (QED) is 0.820. The second-order valence-electron chi connectivity index (χ2n) is 5.40. The van der Waals surface area contributed by atoms with Crippen molar-refractivity contribution in [3.05, 3.63) is 59.2 Å². The molecule has 0 aliphatic rings. The molecule has 1 unspecified atom stereocenters. The number of methoxy groups -OCH3 is 1. The van der Waals surface area contributed by atoms with Crippen molar-refractivity contribution in [1.29, 1.82) is 0 Å². The van der Waals surface area contributed by atoms with Crippen molar-refractivity contribution in [1.82, 2.24) is 0 Å². The highest BCUT2D eigenvalue weighted by molar-refractivity contribution is 5.73. The SMILES string of the molecule is COc1ccc(CC(N)C(=O)O)cc1COc1ccc(C)cc1. The van der Waals surface area contributed by atoms with Crippen molar-refractivity contribution in [3.8, 4) is 11.5 Å². The van der Waals surface area contributed by atoms with E-state index in [0.29, 0.717) is 12.4 Å². The Kier molecular flexibility index (Phi) is 5.60. The van der Waals surface area contributed by atoms with Crippen LogP contribution in [0.5, 0.6) is 11.5 Å². The van der Waals surface area contributed by atoms with E-state index in [9.17, 15) is 4.79 Å². The first-order valence-electron chi connectivity index (χ1n) is 7.33. The summed E-state index contributed by atoms with van der Waals surface area (Å²) in [4.78, 5) is 10.9. The van der Waals surface area contributed by atoms with Crippen LogP contribution in [0.1, 0.15) is 16.7 Å². The molecule has 0 fully saturated rings. The van der Waals surface area contributed by atoms with Gasteiger partial charge in [0.05, 0.1) is 7.11 Å². The number of nitrogens with two attached hydrogens (primary N) is 1. The fourth-order valence-electron chi connectivity index (χ4n) is 2.21. The Morgan fingerprint density at radius 2 is 1.91 bits per heavy atom. The lowest BCUT2D eigenvalue weighted by atomic mass is 10.0. The summed E-state index contributed by atoms with van der Waals surface area (Å²) >= 11 is 0. The van der Waals surface area contributed by atoms with E-state index in [1.807, 2.05) is 43.3 Å². The van der Waals surface area contributed by atoms with Crippen LogP contribution in [0.2, 0.25) is 0 Å². The fraction of sp³-hybridized carbons (Fsp3) is 0.278. The van der Waals surface area contributed by atoms with Crippen LogP contribution in [0, 0.1) is 6.92 Å². The van der Waals surface area contributed by atoms with Gasteiger partial charge in [0.15, 0.2) is 0 Å². The van der Waals surface area contributed by atoms with Crippen LogP contribution in [0.4, 0.5) is 0 Å². The molecule has 1 atom stereocenters. The van der Waals surface area contributed by atoms with Gasteiger partial charge < -0.3 is 20.3 Å². The lowest BCUT2D eigenvalue weighted by molar-refractivity contribution is -0.138. The molecule has 0 spiro atoms. The van der Waals surface area contributed by atoms with Gasteiger partial charge in [-0.2, -0.15) is 0 Å². The molecular weight excluding hydrogens is 294 g/mol. The van der Waals surface area contributed by atoms with E-state index in [2.05, 4.69) is 0 Å². The number of aryl methyl sites for hydroxylation is 1. The monoisotopic (exact) mass is 315 g/mol. The van der Waals surface area contributed by atoms with Crippen molar-refractivity contribution >= 4 is 5.97 Å². The van der Waals surface area contributed by atoms with Gasteiger partial charge in [-0.15, -0.1) is 0 Å². The van der Waals surface area contributed by atoms with E-state index in [0.717, 1.165) is 16.9 Å². The molecule has 0 saturated carbocycles. The molecule has 0 heterocycles. The second-order valence-corrected chi connectivity index (χ2v) is 5.40. The van der Waals surface area contributed by atoms with Gasteiger partial charge in [-0.3, -0.25) is 4.79 Å². The smallest absolute Gasteiger partial charge is 0.320 e. The lowest BCUT2D eigenvalue weighted by Crippen LogP contribution is -2.32. The first-order valence-corrected chi connectivity index (χ1v) is 7.33. The van der Waals surface area contributed by atoms with Crippen molar-refractivity contribution in [2.75, 3.05) is 7.11 Å². The molecule has 122 valence electrons. The maximum atomic E-state index is 10.9. The fourth-order valence-corrected chi connectivity index (χ4v) is 2.21. The Balaban J connectivity index is 2.12. The predicted molar refractivity (Wildman–Crippen MR) is 87.8 cm³/mol. The van der Waals surface area contributed by atoms with Crippen LogP contribution < -0.4 is 15.2 Å². The van der Waals surface area contributed by atoms with E-state index in [-0.39, 0.29) is 6.42 Å². The van der Waals surface area contributed by atoms with Gasteiger partial charge in [-0.05, 0) is 43.2 Å². The van der Waals surface area contributed by atoms with Crippen molar-refractivity contribution < 1.29 is 19.4 Å². The summed E-state index contributed by atoms with van der Waals surface area (Å²) in [6.45, 7) is 2.35. The number of ether oxygens (including phenoxy) is 2. The zero-order valence-corrected chi connectivity index (χ0v) is 13.3. The summed E-state index contributed by atoms with van der Waals surface area (Å²) in [7, 11) is 1.59. The largest absolute Gasteiger partial charge is 0.496 e. The number of hydrogen-bond donors (Lipinski definition) is 2. The van der Waals surface area contributed by atoms with E-state index >= 15 is 0 Å². The van der Waals surface area contributed by atoms with Gasteiger partial charge in [0.1, 0.15) is 24.1 Å². The highest BCUT2D eigenvalue weighted by atomic mass is 16.5. The number of carboxylic acid groups (broad SMARTS) is 1. The molecular formula is C18H21NO4. The summed E-state index contributed by atoms with van der Waals surface area (Å²) in [6, 6.07) is 12.3. The van der Waals surface area contributed by atoms with Crippen molar-refractivity contribution in [2.45, 2.75) is 26.0 Å². The van der Waals surface area contributed by atoms with E-state index < -0.39 is 12.0 Å². The number of carbonyl (C=O) groups is 1. The standard InChI is InChI=1S/C18H21NO4/c1-12-3-6-15(7-4-12)23-11-14-9-13(5-8-17(14)22-2)10-16(19)18(20)21/h3-9,16H,10-11,19H2,1-2H3,(H,20,21). The number of benzene rings is 2. The van der Waals surface area contributed by atoms with E-state index in [1.165, 1.54) is 5.56 Å². The Bertz CT molecular complexity index is 667. The first-order chi connectivity index (χ1) is 11.0.